The van der Waals surface area contributed by atoms with Crippen molar-refractivity contribution < 1.29 is 14.3 Å². The van der Waals surface area contributed by atoms with E-state index in [9.17, 15) is 4.79 Å². The van der Waals surface area contributed by atoms with Crippen LogP contribution in [0.5, 0.6) is 11.6 Å². The Morgan fingerprint density at radius 3 is 2.70 bits per heavy atom. The first-order chi connectivity index (χ1) is 10.9. The molecule has 2 rings (SSSR count). The molecule has 0 N–H and O–H groups in total. The first kappa shape index (κ1) is 17.3. The Bertz CT molecular complexity index is 710. The quantitative estimate of drug-likeness (QED) is 0.754. The van der Waals surface area contributed by atoms with E-state index in [-0.39, 0.29) is 5.97 Å². The molecule has 0 amide bonds. The van der Waals surface area contributed by atoms with Gasteiger partial charge < -0.3 is 9.47 Å². The minimum absolute atomic E-state index is 0.358. The molecule has 0 saturated heterocycles. The number of aryl methyl sites for hydroxylation is 2. The van der Waals surface area contributed by atoms with E-state index in [2.05, 4.69) is 5.10 Å². The minimum atomic E-state index is -0.358. The summed E-state index contributed by atoms with van der Waals surface area (Å²) in [6.07, 6.45) is 0.779. The number of carbonyl (C=O) groups is 1. The third-order valence-corrected chi connectivity index (χ3v) is 3.93. The van der Waals surface area contributed by atoms with Crippen LogP contribution in [0.2, 0.25) is 5.02 Å². The molecular weight excluding hydrogens is 316 g/mol. The molecule has 0 spiro atoms. The maximum atomic E-state index is 11.3. The zero-order valence-corrected chi connectivity index (χ0v) is 14.6. The molecule has 5 nitrogen and oxygen atoms in total. The van der Waals surface area contributed by atoms with E-state index in [0.717, 1.165) is 23.2 Å². The van der Waals surface area contributed by atoms with Crippen LogP contribution in [0, 0.1) is 13.8 Å². The number of esters is 1. The van der Waals surface area contributed by atoms with Crippen molar-refractivity contribution in [3.63, 3.8) is 0 Å². The van der Waals surface area contributed by atoms with E-state index in [0.29, 0.717) is 29.8 Å². The summed E-state index contributed by atoms with van der Waals surface area (Å²) in [5.41, 5.74) is 2.81. The lowest BCUT2D eigenvalue weighted by atomic mass is 10.2. The van der Waals surface area contributed by atoms with Crippen LogP contribution in [0.15, 0.2) is 18.2 Å². The maximum Gasteiger partial charge on any atom is 0.309 e. The molecule has 2 aromatic rings. The summed E-state index contributed by atoms with van der Waals surface area (Å²) in [7, 11) is 0. The fraction of sp³-hybridized carbons (Fsp3) is 0.412. The van der Waals surface area contributed by atoms with Gasteiger partial charge in [0.2, 0.25) is 5.88 Å². The molecule has 0 fully saturated rings. The fourth-order valence-corrected chi connectivity index (χ4v) is 2.42. The molecular formula is C17H21ClN2O3. The lowest BCUT2D eigenvalue weighted by molar-refractivity contribution is -0.132. The predicted molar refractivity (Wildman–Crippen MR) is 89.3 cm³/mol. The number of nitrogens with zero attached hydrogens (tertiary/aromatic N) is 2. The van der Waals surface area contributed by atoms with Crippen LogP contribution in [-0.2, 0) is 17.8 Å². The van der Waals surface area contributed by atoms with E-state index in [4.69, 9.17) is 21.1 Å². The molecule has 0 unspecified atom stereocenters. The largest absolute Gasteiger partial charge is 0.492 e. The Morgan fingerprint density at radius 1 is 1.35 bits per heavy atom. The third-order valence-electron chi connectivity index (χ3n) is 3.52. The molecule has 23 heavy (non-hydrogen) atoms. The van der Waals surface area contributed by atoms with Gasteiger partial charge in [0.05, 0.1) is 12.2 Å². The molecule has 1 aromatic heterocycles. The van der Waals surface area contributed by atoms with Crippen molar-refractivity contribution in [3.8, 4) is 11.6 Å². The van der Waals surface area contributed by atoms with Crippen molar-refractivity contribution in [1.82, 2.24) is 9.78 Å². The Labute approximate surface area is 141 Å². The highest BCUT2D eigenvalue weighted by atomic mass is 35.5. The SMILES string of the molecule is CCc1nn(CCOc2ccc(C)c(Cl)c2)c(OC(C)=O)c1C. The molecule has 6 heteroatoms. The van der Waals surface area contributed by atoms with E-state index in [1.165, 1.54) is 6.92 Å². The second-order valence-corrected chi connectivity index (χ2v) is 5.71. The first-order valence-corrected chi connectivity index (χ1v) is 7.93. The number of carbonyl (C=O) groups excluding carboxylic acids is 1. The summed E-state index contributed by atoms with van der Waals surface area (Å²) in [6.45, 7) is 8.12. The molecule has 1 heterocycles. The topological polar surface area (TPSA) is 53.4 Å². The zero-order valence-electron chi connectivity index (χ0n) is 13.9. The number of halogens is 1. The van der Waals surface area contributed by atoms with Crippen molar-refractivity contribution in [2.24, 2.45) is 0 Å². The number of benzene rings is 1. The van der Waals surface area contributed by atoms with Gasteiger partial charge in [-0.25, -0.2) is 4.68 Å². The second-order valence-electron chi connectivity index (χ2n) is 5.31. The van der Waals surface area contributed by atoms with E-state index < -0.39 is 0 Å². The summed E-state index contributed by atoms with van der Waals surface area (Å²) >= 11 is 6.08. The Hall–Kier alpha value is -2.01. The average molecular weight is 337 g/mol. The summed E-state index contributed by atoms with van der Waals surface area (Å²) in [6, 6.07) is 5.57. The van der Waals surface area contributed by atoms with Gasteiger partial charge in [0.1, 0.15) is 12.4 Å². The van der Waals surface area contributed by atoms with E-state index in [1.54, 1.807) is 10.7 Å². The number of hydrogen-bond acceptors (Lipinski definition) is 4. The molecule has 0 atom stereocenters. The Kier molecular flexibility index (Phi) is 5.66. The maximum absolute atomic E-state index is 11.3. The molecule has 124 valence electrons. The van der Waals surface area contributed by atoms with Crippen LogP contribution < -0.4 is 9.47 Å². The van der Waals surface area contributed by atoms with Gasteiger partial charge in [-0.3, -0.25) is 4.79 Å². The average Bonchev–Trinajstić information content (AvgIpc) is 2.79. The highest BCUT2D eigenvalue weighted by Gasteiger charge is 2.16. The second kappa shape index (κ2) is 7.51. The van der Waals surface area contributed by atoms with Crippen molar-refractivity contribution >= 4 is 17.6 Å². The van der Waals surface area contributed by atoms with Crippen molar-refractivity contribution in [2.45, 2.75) is 40.7 Å². The van der Waals surface area contributed by atoms with Crippen molar-refractivity contribution in [2.75, 3.05) is 6.61 Å². The highest BCUT2D eigenvalue weighted by Crippen LogP contribution is 2.24. The Morgan fingerprint density at radius 2 is 2.09 bits per heavy atom. The van der Waals surface area contributed by atoms with Gasteiger partial charge in [0.15, 0.2) is 0 Å². The molecule has 0 aliphatic rings. The standard InChI is InChI=1S/C17H21ClN2O3/c1-5-16-12(3)17(23-13(4)21)20(19-16)8-9-22-14-7-6-11(2)15(18)10-14/h6-7,10H,5,8-9H2,1-4H3. The molecule has 0 aliphatic heterocycles. The lowest BCUT2D eigenvalue weighted by Gasteiger charge is -2.10. The van der Waals surface area contributed by atoms with Gasteiger partial charge in [-0.2, -0.15) is 5.10 Å². The van der Waals surface area contributed by atoms with Crippen LogP contribution in [0.3, 0.4) is 0 Å². The zero-order chi connectivity index (χ0) is 17.0. The van der Waals surface area contributed by atoms with Gasteiger partial charge in [-0.15, -0.1) is 0 Å². The van der Waals surface area contributed by atoms with Crippen molar-refractivity contribution in [1.29, 1.82) is 0 Å². The number of ether oxygens (including phenoxy) is 2. The van der Waals surface area contributed by atoms with Gasteiger partial charge in [-0.05, 0) is 38.0 Å². The number of rotatable bonds is 6. The molecule has 0 saturated carbocycles. The van der Waals surface area contributed by atoms with Crippen LogP contribution in [0.1, 0.15) is 30.7 Å². The predicted octanol–water partition coefficient (Wildman–Crippen LogP) is 3.72. The first-order valence-electron chi connectivity index (χ1n) is 7.56. The summed E-state index contributed by atoms with van der Waals surface area (Å²) in [4.78, 5) is 11.3. The molecule has 0 aliphatic carbocycles. The van der Waals surface area contributed by atoms with Crippen molar-refractivity contribution in [3.05, 3.63) is 40.0 Å². The number of aromatic nitrogens is 2. The fourth-order valence-electron chi connectivity index (χ4n) is 2.25. The van der Waals surface area contributed by atoms with Gasteiger partial charge >= 0.3 is 5.97 Å². The van der Waals surface area contributed by atoms with Gasteiger partial charge in [0, 0.05) is 17.5 Å². The van der Waals surface area contributed by atoms with E-state index in [1.807, 2.05) is 32.9 Å². The van der Waals surface area contributed by atoms with E-state index >= 15 is 0 Å². The number of hydrogen-bond donors (Lipinski definition) is 0. The van der Waals surface area contributed by atoms with Gasteiger partial charge in [-0.1, -0.05) is 24.6 Å². The lowest BCUT2D eigenvalue weighted by Crippen LogP contribution is -2.13. The normalized spacial score (nSPS) is 10.7. The molecule has 1 aromatic carbocycles. The van der Waals surface area contributed by atoms with Crippen LogP contribution >= 0.6 is 11.6 Å². The van der Waals surface area contributed by atoms with Crippen LogP contribution in [0.4, 0.5) is 0 Å². The monoisotopic (exact) mass is 336 g/mol. The molecule has 0 radical (unpaired) electrons. The summed E-state index contributed by atoms with van der Waals surface area (Å²) in [5.74, 6) is 0.831. The smallest absolute Gasteiger partial charge is 0.309 e. The summed E-state index contributed by atoms with van der Waals surface area (Å²) in [5, 5.41) is 5.15. The Balaban J connectivity index is 2.07. The van der Waals surface area contributed by atoms with Crippen LogP contribution in [0.25, 0.3) is 0 Å². The summed E-state index contributed by atoms with van der Waals surface area (Å²) < 4.78 is 12.7. The van der Waals surface area contributed by atoms with Gasteiger partial charge in [0.25, 0.3) is 0 Å². The van der Waals surface area contributed by atoms with Crippen LogP contribution in [-0.4, -0.2) is 22.4 Å². The molecule has 0 bridgehead atoms. The highest BCUT2D eigenvalue weighted by molar-refractivity contribution is 6.31. The third kappa shape index (κ3) is 4.26. The minimum Gasteiger partial charge on any atom is -0.492 e.